The molecule has 3 rings (SSSR count). The molecule has 0 radical (unpaired) electrons. The van der Waals surface area contributed by atoms with Crippen LogP contribution in [0.3, 0.4) is 0 Å². The second-order valence-corrected chi connectivity index (χ2v) is 6.17. The van der Waals surface area contributed by atoms with Crippen LogP contribution < -0.4 is 0 Å². The molecule has 1 atom stereocenters. The highest BCUT2D eigenvalue weighted by Crippen LogP contribution is 2.48. The third-order valence-corrected chi connectivity index (χ3v) is 4.75. The number of nitrogens with zero attached hydrogens (tertiary/aromatic N) is 1. The smallest absolute Gasteiger partial charge is 0.0527 e. The molecule has 2 fully saturated rings. The standard InChI is InChI=1S/C16H23NO/c1-17-9-3-5-14(11-17)13-4-2-6-15(10-13)16(12-18)7-8-16/h2,4,6,10,14,18H,3,5,7-9,11-12H2,1H3. The lowest BCUT2D eigenvalue weighted by atomic mass is 9.87. The highest BCUT2D eigenvalue weighted by atomic mass is 16.3. The number of aliphatic hydroxyl groups is 1. The largest absolute Gasteiger partial charge is 0.395 e. The Bertz CT molecular complexity index is 425. The Balaban J connectivity index is 1.82. The second kappa shape index (κ2) is 4.67. The number of benzene rings is 1. The maximum Gasteiger partial charge on any atom is 0.0527 e. The summed E-state index contributed by atoms with van der Waals surface area (Å²) in [7, 11) is 2.21. The van der Waals surface area contributed by atoms with Crippen molar-refractivity contribution in [2.75, 3.05) is 26.7 Å². The Morgan fingerprint density at radius 3 is 2.89 bits per heavy atom. The first-order chi connectivity index (χ1) is 8.73. The summed E-state index contributed by atoms with van der Waals surface area (Å²) in [6, 6.07) is 8.99. The summed E-state index contributed by atoms with van der Waals surface area (Å²) in [5, 5.41) is 9.55. The van der Waals surface area contributed by atoms with Gasteiger partial charge in [0, 0.05) is 12.0 Å². The van der Waals surface area contributed by atoms with E-state index in [-0.39, 0.29) is 5.41 Å². The van der Waals surface area contributed by atoms with E-state index in [9.17, 15) is 5.11 Å². The number of aliphatic hydroxyl groups excluding tert-OH is 1. The fourth-order valence-corrected chi connectivity index (χ4v) is 3.25. The van der Waals surface area contributed by atoms with E-state index >= 15 is 0 Å². The lowest BCUT2D eigenvalue weighted by molar-refractivity contribution is 0.249. The minimum Gasteiger partial charge on any atom is -0.395 e. The van der Waals surface area contributed by atoms with Gasteiger partial charge in [-0.1, -0.05) is 24.3 Å². The zero-order valence-corrected chi connectivity index (χ0v) is 11.2. The van der Waals surface area contributed by atoms with E-state index in [4.69, 9.17) is 0 Å². The molecule has 1 saturated heterocycles. The van der Waals surface area contributed by atoms with Crippen molar-refractivity contribution in [3.8, 4) is 0 Å². The predicted molar refractivity (Wildman–Crippen MR) is 73.9 cm³/mol. The molecule has 1 N–H and O–H groups in total. The van der Waals surface area contributed by atoms with E-state index in [0.29, 0.717) is 12.5 Å². The third-order valence-electron chi connectivity index (χ3n) is 4.75. The zero-order chi connectivity index (χ0) is 12.6. The van der Waals surface area contributed by atoms with Crippen LogP contribution >= 0.6 is 0 Å². The van der Waals surface area contributed by atoms with Crippen LogP contribution in [0.25, 0.3) is 0 Å². The van der Waals surface area contributed by atoms with Gasteiger partial charge in [-0.2, -0.15) is 0 Å². The van der Waals surface area contributed by atoms with Crippen molar-refractivity contribution in [1.29, 1.82) is 0 Å². The molecule has 2 heteroatoms. The van der Waals surface area contributed by atoms with Crippen LogP contribution in [0.2, 0.25) is 0 Å². The predicted octanol–water partition coefficient (Wildman–Crippen LogP) is 2.52. The maximum absolute atomic E-state index is 9.55. The molecular formula is C16H23NO. The number of likely N-dealkylation sites (N-methyl/N-ethyl adjacent to an activating group) is 1. The molecule has 1 aromatic carbocycles. The summed E-state index contributed by atoms with van der Waals surface area (Å²) in [4.78, 5) is 2.43. The van der Waals surface area contributed by atoms with Crippen LogP contribution in [0.4, 0.5) is 0 Å². The molecule has 0 bridgehead atoms. The van der Waals surface area contributed by atoms with Gasteiger partial charge in [-0.25, -0.2) is 0 Å². The summed E-state index contributed by atoms with van der Waals surface area (Å²) in [6.45, 7) is 2.72. The lowest BCUT2D eigenvalue weighted by Gasteiger charge is -2.30. The van der Waals surface area contributed by atoms with Crippen LogP contribution in [0.1, 0.15) is 42.7 Å². The van der Waals surface area contributed by atoms with Crippen molar-refractivity contribution in [2.24, 2.45) is 0 Å². The quantitative estimate of drug-likeness (QED) is 0.884. The monoisotopic (exact) mass is 245 g/mol. The summed E-state index contributed by atoms with van der Waals surface area (Å²) < 4.78 is 0. The van der Waals surface area contributed by atoms with Crippen LogP contribution in [-0.4, -0.2) is 36.8 Å². The zero-order valence-electron chi connectivity index (χ0n) is 11.2. The number of piperidine rings is 1. The highest BCUT2D eigenvalue weighted by Gasteiger charge is 2.43. The fourth-order valence-electron chi connectivity index (χ4n) is 3.25. The van der Waals surface area contributed by atoms with Crippen molar-refractivity contribution >= 4 is 0 Å². The Labute approximate surface area is 110 Å². The van der Waals surface area contributed by atoms with Crippen molar-refractivity contribution in [1.82, 2.24) is 4.90 Å². The number of rotatable bonds is 3. The first-order valence-corrected chi connectivity index (χ1v) is 7.13. The summed E-state index contributed by atoms with van der Waals surface area (Å²) in [5.74, 6) is 0.679. The molecule has 1 heterocycles. The molecule has 1 aliphatic carbocycles. The molecule has 18 heavy (non-hydrogen) atoms. The highest BCUT2D eigenvalue weighted by molar-refractivity contribution is 5.36. The van der Waals surface area contributed by atoms with Gasteiger partial charge in [-0.15, -0.1) is 0 Å². The lowest BCUT2D eigenvalue weighted by Crippen LogP contribution is -2.30. The number of likely N-dealkylation sites (tertiary alicyclic amines) is 1. The fraction of sp³-hybridized carbons (Fsp3) is 0.625. The average Bonchev–Trinajstić information content (AvgIpc) is 3.20. The Kier molecular flexibility index (Phi) is 3.16. The summed E-state index contributed by atoms with van der Waals surface area (Å²) >= 11 is 0. The van der Waals surface area contributed by atoms with Crippen LogP contribution in [-0.2, 0) is 5.41 Å². The van der Waals surface area contributed by atoms with Gasteiger partial charge in [0.15, 0.2) is 0 Å². The molecule has 0 amide bonds. The first-order valence-electron chi connectivity index (χ1n) is 7.13. The normalized spacial score (nSPS) is 27.1. The van der Waals surface area contributed by atoms with Crippen LogP contribution in [0.5, 0.6) is 0 Å². The van der Waals surface area contributed by atoms with Gasteiger partial charge >= 0.3 is 0 Å². The second-order valence-electron chi connectivity index (χ2n) is 6.17. The third kappa shape index (κ3) is 2.19. The van der Waals surface area contributed by atoms with Crippen molar-refractivity contribution in [2.45, 2.75) is 37.0 Å². The minimum atomic E-state index is 0.108. The minimum absolute atomic E-state index is 0.108. The van der Waals surface area contributed by atoms with E-state index in [2.05, 4.69) is 36.2 Å². The van der Waals surface area contributed by atoms with E-state index in [1.54, 1.807) is 0 Å². The van der Waals surface area contributed by atoms with Gasteiger partial charge in [0.05, 0.1) is 6.61 Å². The van der Waals surface area contributed by atoms with Crippen molar-refractivity contribution < 1.29 is 5.11 Å². The maximum atomic E-state index is 9.55. The summed E-state index contributed by atoms with van der Waals surface area (Å²) in [6.07, 6.45) is 4.91. The van der Waals surface area contributed by atoms with E-state index in [1.807, 2.05) is 0 Å². The van der Waals surface area contributed by atoms with Crippen molar-refractivity contribution in [3.05, 3.63) is 35.4 Å². The van der Waals surface area contributed by atoms with Crippen LogP contribution in [0, 0.1) is 0 Å². The molecule has 1 aliphatic heterocycles. The Morgan fingerprint density at radius 1 is 1.39 bits per heavy atom. The van der Waals surface area contributed by atoms with Crippen LogP contribution in [0.15, 0.2) is 24.3 Å². The van der Waals surface area contributed by atoms with E-state index < -0.39 is 0 Å². The van der Waals surface area contributed by atoms with E-state index in [1.165, 1.54) is 37.1 Å². The molecule has 1 saturated carbocycles. The first kappa shape index (κ1) is 12.2. The molecule has 1 unspecified atom stereocenters. The van der Waals surface area contributed by atoms with E-state index in [0.717, 1.165) is 12.8 Å². The Morgan fingerprint density at radius 2 is 2.22 bits per heavy atom. The molecule has 1 aromatic rings. The molecule has 0 spiro atoms. The number of hydrogen-bond acceptors (Lipinski definition) is 2. The molecule has 0 aromatic heterocycles. The molecule has 2 nitrogen and oxygen atoms in total. The molecular weight excluding hydrogens is 222 g/mol. The van der Waals surface area contributed by atoms with Crippen molar-refractivity contribution in [3.63, 3.8) is 0 Å². The van der Waals surface area contributed by atoms with Gasteiger partial charge in [0.25, 0.3) is 0 Å². The number of hydrogen-bond donors (Lipinski definition) is 1. The van der Waals surface area contributed by atoms with Gasteiger partial charge in [0.2, 0.25) is 0 Å². The van der Waals surface area contributed by atoms with Gasteiger partial charge in [-0.05, 0) is 56.3 Å². The van der Waals surface area contributed by atoms with Gasteiger partial charge in [-0.3, -0.25) is 0 Å². The SMILES string of the molecule is CN1CCCC(c2cccc(C3(CO)CC3)c2)C1. The molecule has 98 valence electrons. The molecule has 2 aliphatic rings. The Hall–Kier alpha value is -0.860. The average molecular weight is 245 g/mol. The summed E-state index contributed by atoms with van der Waals surface area (Å²) in [5.41, 5.74) is 2.94. The van der Waals surface area contributed by atoms with Gasteiger partial charge in [0.1, 0.15) is 0 Å². The van der Waals surface area contributed by atoms with Gasteiger partial charge < -0.3 is 10.0 Å². The topological polar surface area (TPSA) is 23.5 Å².